The van der Waals surface area contributed by atoms with Gasteiger partial charge in [0.15, 0.2) is 40.1 Å². The summed E-state index contributed by atoms with van der Waals surface area (Å²) in [5.41, 5.74) is 1.41. The van der Waals surface area contributed by atoms with E-state index in [-0.39, 0.29) is 18.3 Å². The average molecular weight is 533 g/mol. The average Bonchev–Trinajstić information content (AvgIpc) is 3.39. The predicted molar refractivity (Wildman–Crippen MR) is 140 cm³/mol. The summed E-state index contributed by atoms with van der Waals surface area (Å²) in [5.74, 6) is 3.75. The van der Waals surface area contributed by atoms with Crippen LogP contribution in [0.3, 0.4) is 0 Å². The van der Waals surface area contributed by atoms with Crippen LogP contribution in [-0.2, 0) is 4.79 Å². The van der Waals surface area contributed by atoms with Crippen molar-refractivity contribution < 1.29 is 28.5 Å². The van der Waals surface area contributed by atoms with Crippen LogP contribution in [0.4, 0.5) is 5.69 Å². The molecule has 0 spiro atoms. The van der Waals surface area contributed by atoms with E-state index in [9.17, 15) is 4.79 Å². The topological polar surface area (TPSA) is 106 Å². The molecule has 2 aliphatic rings. The number of benzene rings is 3. The molecule has 10 nitrogen and oxygen atoms in total. The number of ether oxygens (including phenoxy) is 5. The molecule has 0 saturated heterocycles. The molecule has 0 fully saturated rings. The number of carbonyl (C=O) groups excluding carboxylic acids is 1. The number of fused-ring (bicyclic) bond motifs is 2. The van der Waals surface area contributed by atoms with Crippen molar-refractivity contribution >= 4 is 23.4 Å². The smallest absolute Gasteiger partial charge is 0.234 e. The lowest BCUT2D eigenvalue weighted by Gasteiger charge is -2.26. The number of carbonyl (C=O) groups is 1. The molecular weight excluding hydrogens is 508 g/mol. The molecule has 3 heterocycles. The maximum Gasteiger partial charge on any atom is 0.234 e. The largest absolute Gasteiger partial charge is 0.497 e. The Morgan fingerprint density at radius 3 is 2.66 bits per heavy atom. The van der Waals surface area contributed by atoms with E-state index in [0.29, 0.717) is 58.6 Å². The van der Waals surface area contributed by atoms with E-state index in [1.807, 2.05) is 59.2 Å². The molecule has 1 atom stereocenters. The van der Waals surface area contributed by atoms with E-state index in [0.717, 1.165) is 5.69 Å². The lowest BCUT2D eigenvalue weighted by molar-refractivity contribution is -0.113. The van der Waals surface area contributed by atoms with E-state index in [2.05, 4.69) is 15.5 Å². The van der Waals surface area contributed by atoms with Crippen molar-refractivity contribution in [1.29, 1.82) is 0 Å². The molecule has 6 rings (SSSR count). The van der Waals surface area contributed by atoms with Gasteiger partial charge in [0, 0.05) is 17.8 Å². The van der Waals surface area contributed by atoms with E-state index < -0.39 is 6.10 Å². The Hall–Kier alpha value is -4.38. The monoisotopic (exact) mass is 532 g/mol. The summed E-state index contributed by atoms with van der Waals surface area (Å²) in [6.07, 6.45) is -0.509. The summed E-state index contributed by atoms with van der Waals surface area (Å²) in [6.45, 7) is 1.23. The quantitative estimate of drug-likeness (QED) is 0.349. The van der Waals surface area contributed by atoms with Gasteiger partial charge in [-0.2, -0.15) is 0 Å². The molecule has 0 unspecified atom stereocenters. The molecule has 0 radical (unpaired) electrons. The predicted octanol–water partition coefficient (Wildman–Crippen LogP) is 4.29. The molecule has 1 aromatic heterocycles. The summed E-state index contributed by atoms with van der Waals surface area (Å²) >= 11 is 1.26. The maximum absolute atomic E-state index is 12.8. The first-order valence-electron chi connectivity index (χ1n) is 12.0. The van der Waals surface area contributed by atoms with Crippen molar-refractivity contribution in [2.45, 2.75) is 11.3 Å². The van der Waals surface area contributed by atoms with Crippen molar-refractivity contribution in [3.8, 4) is 34.4 Å². The summed E-state index contributed by atoms with van der Waals surface area (Å²) in [5, 5.41) is 12.3. The number of hydrogen-bond acceptors (Lipinski definition) is 9. The normalized spacial score (nSPS) is 15.6. The maximum atomic E-state index is 12.8. The van der Waals surface area contributed by atoms with Crippen molar-refractivity contribution in [2.75, 3.05) is 38.0 Å². The van der Waals surface area contributed by atoms with Crippen LogP contribution in [0.25, 0.3) is 5.69 Å². The van der Waals surface area contributed by atoms with Gasteiger partial charge in [-0.05, 0) is 36.4 Å². The molecule has 4 aromatic rings. The van der Waals surface area contributed by atoms with Crippen LogP contribution >= 0.6 is 11.8 Å². The van der Waals surface area contributed by atoms with Crippen molar-refractivity contribution in [1.82, 2.24) is 14.8 Å². The van der Waals surface area contributed by atoms with Gasteiger partial charge >= 0.3 is 0 Å². The zero-order valence-electron chi connectivity index (χ0n) is 20.5. The van der Waals surface area contributed by atoms with Crippen molar-refractivity contribution in [3.05, 3.63) is 72.6 Å². The zero-order chi connectivity index (χ0) is 25.9. The van der Waals surface area contributed by atoms with Gasteiger partial charge in [0.1, 0.15) is 25.6 Å². The number of aromatic nitrogens is 3. The second kappa shape index (κ2) is 10.5. The third kappa shape index (κ3) is 4.92. The number of amides is 1. The van der Waals surface area contributed by atoms with Gasteiger partial charge < -0.3 is 29.0 Å². The van der Waals surface area contributed by atoms with Gasteiger partial charge in [0.2, 0.25) is 5.91 Å². The lowest BCUT2D eigenvalue weighted by atomic mass is 10.2. The van der Waals surface area contributed by atoms with E-state index in [1.165, 1.54) is 11.8 Å². The molecule has 2 aliphatic heterocycles. The summed E-state index contributed by atoms with van der Waals surface area (Å²) in [4.78, 5) is 12.8. The Morgan fingerprint density at radius 2 is 1.79 bits per heavy atom. The third-order valence-corrected chi connectivity index (χ3v) is 6.85. The Morgan fingerprint density at radius 1 is 0.974 bits per heavy atom. The number of nitrogens with one attached hydrogen (secondary N) is 1. The minimum absolute atomic E-state index is 0.116. The second-order valence-corrected chi connectivity index (χ2v) is 9.38. The number of methoxy groups -OCH3 is 1. The summed E-state index contributed by atoms with van der Waals surface area (Å²) in [7, 11) is 1.58. The van der Waals surface area contributed by atoms with Crippen LogP contribution < -0.4 is 29.0 Å². The summed E-state index contributed by atoms with van der Waals surface area (Å²) < 4.78 is 30.7. The Labute approximate surface area is 222 Å². The highest BCUT2D eigenvalue weighted by Gasteiger charge is 2.30. The fourth-order valence-corrected chi connectivity index (χ4v) is 4.93. The van der Waals surface area contributed by atoms with Gasteiger partial charge in [0.05, 0.1) is 18.6 Å². The van der Waals surface area contributed by atoms with Crippen LogP contribution in [0.5, 0.6) is 28.7 Å². The molecule has 194 valence electrons. The Kier molecular flexibility index (Phi) is 6.65. The van der Waals surface area contributed by atoms with Gasteiger partial charge in [-0.1, -0.05) is 30.0 Å². The molecule has 11 heteroatoms. The van der Waals surface area contributed by atoms with Crippen molar-refractivity contribution in [2.24, 2.45) is 0 Å². The first-order chi connectivity index (χ1) is 18.7. The van der Waals surface area contributed by atoms with Crippen LogP contribution in [0.15, 0.2) is 71.9 Å². The highest BCUT2D eigenvalue weighted by molar-refractivity contribution is 7.99. The fraction of sp³-hybridized carbons (Fsp3) is 0.222. The minimum Gasteiger partial charge on any atom is -0.497 e. The number of para-hydroxylation sites is 2. The number of thioether (sulfide) groups is 1. The van der Waals surface area contributed by atoms with Crippen molar-refractivity contribution in [3.63, 3.8) is 0 Å². The van der Waals surface area contributed by atoms with Gasteiger partial charge in [-0.25, -0.2) is 0 Å². The number of hydrogen-bond donors (Lipinski definition) is 1. The number of nitrogens with zero attached hydrogens (tertiary/aromatic N) is 3. The summed E-state index contributed by atoms with van der Waals surface area (Å²) in [6, 6.07) is 20.3. The fourth-order valence-electron chi connectivity index (χ4n) is 4.17. The van der Waals surface area contributed by atoms with Crippen LogP contribution in [-0.4, -0.2) is 53.4 Å². The third-order valence-electron chi connectivity index (χ3n) is 5.92. The van der Waals surface area contributed by atoms with Gasteiger partial charge in [0.25, 0.3) is 0 Å². The van der Waals surface area contributed by atoms with E-state index in [1.54, 1.807) is 19.2 Å². The zero-order valence-corrected chi connectivity index (χ0v) is 21.3. The van der Waals surface area contributed by atoms with Crippen LogP contribution in [0, 0.1) is 0 Å². The Balaban J connectivity index is 1.28. The molecule has 0 saturated carbocycles. The number of rotatable bonds is 7. The van der Waals surface area contributed by atoms with E-state index in [4.69, 9.17) is 23.7 Å². The molecule has 1 N–H and O–H groups in total. The Bertz CT molecular complexity index is 1480. The highest BCUT2D eigenvalue weighted by atomic mass is 32.2. The van der Waals surface area contributed by atoms with Gasteiger partial charge in [-0.15, -0.1) is 10.2 Å². The highest BCUT2D eigenvalue weighted by Crippen LogP contribution is 2.38. The molecule has 3 aromatic carbocycles. The first-order valence-corrected chi connectivity index (χ1v) is 13.0. The molecule has 0 bridgehead atoms. The molecule has 38 heavy (non-hydrogen) atoms. The lowest BCUT2D eigenvalue weighted by Crippen LogP contribution is -2.25. The molecule has 0 aliphatic carbocycles. The molecule has 1 amide bonds. The van der Waals surface area contributed by atoms with Crippen LogP contribution in [0.2, 0.25) is 0 Å². The standard InChI is InChI=1S/C27H24N4O6S/c1-33-19-6-4-5-17(13-19)28-25(32)16-38-27-30-29-26(24-15-36-20-7-2-3-8-22(20)37-24)31(27)18-9-10-21-23(14-18)35-12-11-34-21/h2-10,13-14,24H,11-12,15-16H2,1H3,(H,28,32)/t24-/m1/s1. The van der Waals surface area contributed by atoms with E-state index >= 15 is 0 Å². The minimum atomic E-state index is -0.509. The first kappa shape index (κ1) is 24.0. The number of anilines is 1. The van der Waals surface area contributed by atoms with Crippen LogP contribution in [0.1, 0.15) is 11.9 Å². The molecular formula is C27H24N4O6S. The second-order valence-electron chi connectivity index (χ2n) is 8.44. The van der Waals surface area contributed by atoms with Gasteiger partial charge in [-0.3, -0.25) is 9.36 Å². The SMILES string of the molecule is COc1cccc(NC(=O)CSc2nnc([C@H]3COc4ccccc4O3)n2-c2ccc3c(c2)OCCO3)c1.